The Kier molecular flexibility index (Phi) is 2.81. The smallest absolute Gasteiger partial charge is 0.0223 e. The fourth-order valence-electron chi connectivity index (χ4n) is 2.11. The van der Waals surface area contributed by atoms with Gasteiger partial charge in [-0.25, -0.2) is 0 Å². The number of nitrogens with one attached hydrogen (secondary N) is 1. The maximum atomic E-state index is 5.96. The highest BCUT2D eigenvalue weighted by Crippen LogP contribution is 2.21. The Morgan fingerprint density at radius 2 is 1.80 bits per heavy atom. The van der Waals surface area contributed by atoms with Crippen molar-refractivity contribution in [2.45, 2.75) is 38.3 Å². The Balaban J connectivity index is 1.91. The summed E-state index contributed by atoms with van der Waals surface area (Å²) in [5.41, 5.74) is 8.82. The van der Waals surface area contributed by atoms with E-state index >= 15 is 0 Å². The number of fused-ring (bicyclic) bond motifs is 1. The molecule has 0 heterocycles. The number of nitrogens with two attached hydrogens (primary N) is 1. The normalized spacial score (nSPS) is 16.7. The molecule has 15 heavy (non-hydrogen) atoms. The van der Waals surface area contributed by atoms with Gasteiger partial charge in [0.25, 0.3) is 0 Å². The van der Waals surface area contributed by atoms with E-state index in [2.05, 4.69) is 43.4 Å². The predicted molar refractivity (Wildman–Crippen MR) is 63.9 cm³/mol. The number of rotatable bonds is 3. The van der Waals surface area contributed by atoms with Crippen molar-refractivity contribution in [2.75, 3.05) is 6.54 Å². The average Bonchev–Trinajstić information content (AvgIpc) is 2.56. The first-order valence-corrected chi connectivity index (χ1v) is 5.64. The van der Waals surface area contributed by atoms with Gasteiger partial charge in [0.05, 0.1) is 0 Å². The van der Waals surface area contributed by atoms with Crippen LogP contribution >= 0.6 is 0 Å². The molecule has 0 amide bonds. The molecule has 0 spiro atoms. The summed E-state index contributed by atoms with van der Waals surface area (Å²) in [5, 5.41) is 3.54. The van der Waals surface area contributed by atoms with Crippen molar-refractivity contribution in [3.63, 3.8) is 0 Å². The van der Waals surface area contributed by atoms with Crippen molar-refractivity contribution in [1.29, 1.82) is 0 Å². The van der Waals surface area contributed by atoms with Crippen LogP contribution in [0.3, 0.4) is 0 Å². The minimum absolute atomic E-state index is 0.116. The lowest BCUT2D eigenvalue weighted by Gasteiger charge is -2.22. The number of hydrogen-bond acceptors (Lipinski definition) is 2. The van der Waals surface area contributed by atoms with Gasteiger partial charge in [0.15, 0.2) is 0 Å². The van der Waals surface area contributed by atoms with E-state index in [1.165, 1.54) is 11.1 Å². The van der Waals surface area contributed by atoms with Gasteiger partial charge in [0.2, 0.25) is 0 Å². The van der Waals surface area contributed by atoms with Crippen LogP contribution in [-0.2, 0) is 12.8 Å². The highest BCUT2D eigenvalue weighted by molar-refractivity contribution is 5.33. The van der Waals surface area contributed by atoms with Crippen LogP contribution in [0.4, 0.5) is 0 Å². The average molecular weight is 204 g/mol. The second kappa shape index (κ2) is 3.95. The summed E-state index contributed by atoms with van der Waals surface area (Å²) in [5.74, 6) is 0. The maximum Gasteiger partial charge on any atom is 0.0223 e. The highest BCUT2D eigenvalue weighted by atomic mass is 15.0. The highest BCUT2D eigenvalue weighted by Gasteiger charge is 2.22. The molecule has 0 aromatic heterocycles. The maximum absolute atomic E-state index is 5.96. The minimum Gasteiger partial charge on any atom is -0.324 e. The summed E-state index contributed by atoms with van der Waals surface area (Å²) in [6.45, 7) is 5.00. The molecule has 1 aliphatic carbocycles. The molecule has 82 valence electrons. The summed E-state index contributed by atoms with van der Waals surface area (Å²) < 4.78 is 0. The van der Waals surface area contributed by atoms with Crippen molar-refractivity contribution in [2.24, 2.45) is 5.73 Å². The van der Waals surface area contributed by atoms with Gasteiger partial charge in [0.1, 0.15) is 0 Å². The lowest BCUT2D eigenvalue weighted by atomic mass is 10.1. The van der Waals surface area contributed by atoms with Gasteiger partial charge in [-0.1, -0.05) is 24.3 Å². The van der Waals surface area contributed by atoms with Crippen LogP contribution in [0, 0.1) is 0 Å². The van der Waals surface area contributed by atoms with E-state index < -0.39 is 0 Å². The molecule has 0 fully saturated rings. The van der Waals surface area contributed by atoms with Crippen LogP contribution in [0.25, 0.3) is 0 Å². The van der Waals surface area contributed by atoms with Gasteiger partial charge in [-0.05, 0) is 37.8 Å². The third-order valence-electron chi connectivity index (χ3n) is 2.90. The van der Waals surface area contributed by atoms with Crippen molar-refractivity contribution < 1.29 is 0 Å². The fourth-order valence-corrected chi connectivity index (χ4v) is 2.11. The zero-order valence-electron chi connectivity index (χ0n) is 9.59. The van der Waals surface area contributed by atoms with E-state index in [1.807, 2.05) is 0 Å². The molecule has 0 bridgehead atoms. The van der Waals surface area contributed by atoms with E-state index in [0.29, 0.717) is 6.04 Å². The zero-order chi connectivity index (χ0) is 10.9. The van der Waals surface area contributed by atoms with Crippen LogP contribution in [0.5, 0.6) is 0 Å². The molecule has 2 heteroatoms. The Labute approximate surface area is 91.9 Å². The van der Waals surface area contributed by atoms with E-state index in [1.54, 1.807) is 0 Å². The molecular formula is C13H20N2. The molecule has 1 aromatic rings. The van der Waals surface area contributed by atoms with Crippen LogP contribution in [-0.4, -0.2) is 18.1 Å². The molecule has 2 nitrogen and oxygen atoms in total. The number of hydrogen-bond donors (Lipinski definition) is 2. The number of benzene rings is 1. The molecule has 1 aromatic carbocycles. The molecular weight excluding hydrogens is 184 g/mol. The molecule has 1 aliphatic rings. The third-order valence-corrected chi connectivity index (χ3v) is 2.90. The topological polar surface area (TPSA) is 38.0 Å². The first-order valence-electron chi connectivity index (χ1n) is 5.64. The third kappa shape index (κ3) is 2.80. The molecule has 0 saturated carbocycles. The molecule has 0 aliphatic heterocycles. The Morgan fingerprint density at radius 3 is 2.27 bits per heavy atom. The molecule has 0 unspecified atom stereocenters. The van der Waals surface area contributed by atoms with Gasteiger partial charge in [-0.2, -0.15) is 0 Å². The molecule has 3 N–H and O–H groups in total. The molecule has 0 saturated heterocycles. The van der Waals surface area contributed by atoms with E-state index in [0.717, 1.165) is 19.4 Å². The molecule has 0 radical (unpaired) electrons. The SMILES string of the molecule is CC(C)(N)CNC1Cc2ccccc2C1. The van der Waals surface area contributed by atoms with Gasteiger partial charge < -0.3 is 11.1 Å². The van der Waals surface area contributed by atoms with Gasteiger partial charge >= 0.3 is 0 Å². The van der Waals surface area contributed by atoms with Crippen molar-refractivity contribution in [3.05, 3.63) is 35.4 Å². The second-order valence-corrected chi connectivity index (χ2v) is 5.24. The van der Waals surface area contributed by atoms with E-state index in [4.69, 9.17) is 5.73 Å². The predicted octanol–water partition coefficient (Wildman–Crippen LogP) is 1.48. The minimum atomic E-state index is -0.116. The van der Waals surface area contributed by atoms with Crippen LogP contribution in [0.2, 0.25) is 0 Å². The van der Waals surface area contributed by atoms with E-state index in [9.17, 15) is 0 Å². The lowest BCUT2D eigenvalue weighted by Crippen LogP contribution is -2.46. The van der Waals surface area contributed by atoms with Crippen molar-refractivity contribution in [1.82, 2.24) is 5.32 Å². The van der Waals surface area contributed by atoms with Gasteiger partial charge in [0, 0.05) is 18.1 Å². The quantitative estimate of drug-likeness (QED) is 0.782. The van der Waals surface area contributed by atoms with Crippen molar-refractivity contribution >= 4 is 0 Å². The molecule has 2 rings (SSSR count). The van der Waals surface area contributed by atoms with Crippen LogP contribution in [0.15, 0.2) is 24.3 Å². The summed E-state index contributed by atoms with van der Waals surface area (Å²) >= 11 is 0. The van der Waals surface area contributed by atoms with Crippen molar-refractivity contribution in [3.8, 4) is 0 Å². The summed E-state index contributed by atoms with van der Waals surface area (Å²) in [6, 6.07) is 9.27. The van der Waals surface area contributed by atoms with Crippen LogP contribution in [0.1, 0.15) is 25.0 Å². The van der Waals surface area contributed by atoms with Gasteiger partial charge in [-0.15, -0.1) is 0 Å². The zero-order valence-corrected chi connectivity index (χ0v) is 9.59. The lowest BCUT2D eigenvalue weighted by molar-refractivity contribution is 0.422. The first kappa shape index (κ1) is 10.7. The standard InChI is InChI=1S/C13H20N2/c1-13(2,14)9-15-12-7-10-5-3-4-6-11(10)8-12/h3-6,12,15H,7-9,14H2,1-2H3. The fraction of sp³-hybridized carbons (Fsp3) is 0.538. The Hall–Kier alpha value is -0.860. The second-order valence-electron chi connectivity index (χ2n) is 5.24. The Morgan fingerprint density at radius 1 is 1.27 bits per heavy atom. The van der Waals surface area contributed by atoms with E-state index in [-0.39, 0.29) is 5.54 Å². The van der Waals surface area contributed by atoms with Crippen LogP contribution < -0.4 is 11.1 Å². The summed E-state index contributed by atoms with van der Waals surface area (Å²) in [6.07, 6.45) is 2.29. The largest absolute Gasteiger partial charge is 0.324 e. The Bertz CT molecular complexity index is 314. The van der Waals surface area contributed by atoms with Gasteiger partial charge in [-0.3, -0.25) is 0 Å². The first-order chi connectivity index (χ1) is 7.04. The molecule has 0 atom stereocenters. The summed E-state index contributed by atoms with van der Waals surface area (Å²) in [7, 11) is 0. The summed E-state index contributed by atoms with van der Waals surface area (Å²) in [4.78, 5) is 0. The monoisotopic (exact) mass is 204 g/mol.